The molecule has 4 fully saturated rings. The van der Waals surface area contributed by atoms with Crippen molar-refractivity contribution in [1.82, 2.24) is 5.48 Å². The average Bonchev–Trinajstić information content (AvgIpc) is 2.15. The zero-order chi connectivity index (χ0) is 10.5. The fraction of sp³-hybridized carbons (Fsp3) is 0.917. The number of carbonyl (C=O) groups is 1. The SMILES string of the molecule is CONC(=O)C12CC3CC(CC(C3)C1)C2. The monoisotopic (exact) mass is 209 g/mol. The number of amides is 1. The highest BCUT2D eigenvalue weighted by Gasteiger charge is 2.54. The lowest BCUT2D eigenvalue weighted by molar-refractivity contribution is -0.157. The second-order valence-corrected chi connectivity index (χ2v) is 5.83. The van der Waals surface area contributed by atoms with Crippen LogP contribution in [0, 0.1) is 23.2 Å². The number of hydroxylamine groups is 1. The third-order valence-electron chi connectivity index (χ3n) is 4.71. The summed E-state index contributed by atoms with van der Waals surface area (Å²) in [6.07, 6.45) is 7.44. The summed E-state index contributed by atoms with van der Waals surface area (Å²) in [6.45, 7) is 0. The van der Waals surface area contributed by atoms with Gasteiger partial charge < -0.3 is 0 Å². The maximum absolute atomic E-state index is 12.1. The van der Waals surface area contributed by atoms with Gasteiger partial charge >= 0.3 is 0 Å². The Kier molecular flexibility index (Phi) is 2.06. The van der Waals surface area contributed by atoms with E-state index in [0.29, 0.717) is 0 Å². The average molecular weight is 209 g/mol. The Bertz CT molecular complexity index is 252. The zero-order valence-corrected chi connectivity index (χ0v) is 9.29. The van der Waals surface area contributed by atoms with Crippen LogP contribution in [0.15, 0.2) is 0 Å². The number of hydrogen-bond donors (Lipinski definition) is 1. The Hall–Kier alpha value is -0.570. The third kappa shape index (κ3) is 1.40. The molecule has 0 heterocycles. The van der Waals surface area contributed by atoms with Crippen LogP contribution in [0.1, 0.15) is 38.5 Å². The lowest BCUT2D eigenvalue weighted by atomic mass is 9.49. The van der Waals surface area contributed by atoms with E-state index in [1.165, 1.54) is 26.4 Å². The highest BCUT2D eigenvalue weighted by atomic mass is 16.6. The van der Waals surface area contributed by atoms with E-state index in [2.05, 4.69) is 5.48 Å². The van der Waals surface area contributed by atoms with Crippen LogP contribution >= 0.6 is 0 Å². The Morgan fingerprint density at radius 1 is 1.13 bits per heavy atom. The van der Waals surface area contributed by atoms with Crippen LogP contribution in [0.4, 0.5) is 0 Å². The molecule has 0 aliphatic heterocycles. The summed E-state index contributed by atoms with van der Waals surface area (Å²) in [4.78, 5) is 16.9. The molecule has 0 aromatic carbocycles. The first-order chi connectivity index (χ1) is 7.22. The predicted octanol–water partition coefficient (Wildman–Crippen LogP) is 1.88. The van der Waals surface area contributed by atoms with Crippen molar-refractivity contribution in [2.75, 3.05) is 7.11 Å². The van der Waals surface area contributed by atoms with Gasteiger partial charge in [0.2, 0.25) is 5.91 Å². The van der Waals surface area contributed by atoms with E-state index in [-0.39, 0.29) is 11.3 Å². The topological polar surface area (TPSA) is 38.3 Å². The molecule has 3 heteroatoms. The quantitative estimate of drug-likeness (QED) is 0.705. The molecule has 0 atom stereocenters. The second-order valence-electron chi connectivity index (χ2n) is 5.83. The first-order valence-corrected chi connectivity index (χ1v) is 6.05. The highest BCUT2D eigenvalue weighted by molar-refractivity contribution is 5.82. The van der Waals surface area contributed by atoms with E-state index in [1.807, 2.05) is 0 Å². The molecule has 3 nitrogen and oxygen atoms in total. The Morgan fingerprint density at radius 2 is 1.60 bits per heavy atom. The van der Waals surface area contributed by atoms with Crippen LogP contribution in [0.5, 0.6) is 0 Å². The van der Waals surface area contributed by atoms with Gasteiger partial charge in [0.1, 0.15) is 0 Å². The van der Waals surface area contributed by atoms with E-state index in [9.17, 15) is 4.79 Å². The number of carbonyl (C=O) groups excluding carboxylic acids is 1. The molecule has 4 rings (SSSR count). The van der Waals surface area contributed by atoms with Crippen LogP contribution in [0.2, 0.25) is 0 Å². The molecule has 0 spiro atoms. The summed E-state index contributed by atoms with van der Waals surface area (Å²) >= 11 is 0. The molecule has 0 saturated heterocycles. The van der Waals surface area contributed by atoms with Crippen molar-refractivity contribution in [2.45, 2.75) is 38.5 Å². The maximum atomic E-state index is 12.1. The number of nitrogens with one attached hydrogen (secondary N) is 1. The molecule has 0 aromatic heterocycles. The fourth-order valence-corrected chi connectivity index (χ4v) is 4.59. The summed E-state index contributed by atoms with van der Waals surface area (Å²) in [7, 11) is 1.53. The van der Waals surface area contributed by atoms with Crippen molar-refractivity contribution >= 4 is 5.91 Å². The van der Waals surface area contributed by atoms with Crippen LogP contribution in [0.3, 0.4) is 0 Å². The van der Waals surface area contributed by atoms with Crippen LogP contribution < -0.4 is 5.48 Å². The van der Waals surface area contributed by atoms with Crippen molar-refractivity contribution in [3.8, 4) is 0 Å². The molecular formula is C12H19NO2. The first kappa shape index (κ1) is 9.64. The summed E-state index contributed by atoms with van der Waals surface area (Å²) in [5.41, 5.74) is 2.50. The van der Waals surface area contributed by atoms with Crippen molar-refractivity contribution in [3.63, 3.8) is 0 Å². The lowest BCUT2D eigenvalue weighted by Crippen LogP contribution is -2.53. The molecule has 4 aliphatic carbocycles. The van der Waals surface area contributed by atoms with Crippen LogP contribution in [-0.4, -0.2) is 13.0 Å². The molecule has 1 amide bonds. The molecule has 4 aliphatic rings. The molecule has 84 valence electrons. The van der Waals surface area contributed by atoms with E-state index in [1.54, 1.807) is 0 Å². The van der Waals surface area contributed by atoms with Crippen LogP contribution in [0.25, 0.3) is 0 Å². The highest BCUT2D eigenvalue weighted by Crippen LogP contribution is 2.60. The van der Waals surface area contributed by atoms with Gasteiger partial charge in [-0.15, -0.1) is 0 Å². The van der Waals surface area contributed by atoms with Gasteiger partial charge in [-0.3, -0.25) is 9.63 Å². The minimum absolute atomic E-state index is 0.0647. The van der Waals surface area contributed by atoms with Gasteiger partial charge in [0.15, 0.2) is 0 Å². The van der Waals surface area contributed by atoms with Gasteiger partial charge in [0.05, 0.1) is 12.5 Å². The summed E-state index contributed by atoms with van der Waals surface area (Å²) in [6, 6.07) is 0. The minimum Gasteiger partial charge on any atom is -0.277 e. The van der Waals surface area contributed by atoms with E-state index in [0.717, 1.165) is 37.0 Å². The lowest BCUT2D eigenvalue weighted by Gasteiger charge is -2.55. The largest absolute Gasteiger partial charge is 0.277 e. The predicted molar refractivity (Wildman–Crippen MR) is 55.8 cm³/mol. The Morgan fingerprint density at radius 3 is 2.00 bits per heavy atom. The molecule has 0 radical (unpaired) electrons. The molecule has 0 unspecified atom stereocenters. The van der Waals surface area contributed by atoms with Gasteiger partial charge in [0, 0.05) is 0 Å². The van der Waals surface area contributed by atoms with Crippen molar-refractivity contribution < 1.29 is 9.63 Å². The Labute approximate surface area is 90.5 Å². The molecule has 15 heavy (non-hydrogen) atoms. The molecule has 0 aromatic rings. The maximum Gasteiger partial charge on any atom is 0.249 e. The van der Waals surface area contributed by atoms with Crippen molar-refractivity contribution in [3.05, 3.63) is 0 Å². The van der Waals surface area contributed by atoms with Crippen LogP contribution in [-0.2, 0) is 9.63 Å². The standard InChI is InChI=1S/C12H19NO2/c1-15-13-11(14)12-5-8-2-9(6-12)4-10(3-8)7-12/h8-10H,2-7H2,1H3,(H,13,14). The van der Waals surface area contributed by atoms with E-state index in [4.69, 9.17) is 4.84 Å². The number of rotatable bonds is 2. The molecule has 1 N–H and O–H groups in total. The van der Waals surface area contributed by atoms with Gasteiger partial charge in [-0.05, 0) is 56.3 Å². The first-order valence-electron chi connectivity index (χ1n) is 6.05. The molecule has 4 saturated carbocycles. The summed E-state index contributed by atoms with van der Waals surface area (Å²) in [5, 5.41) is 0. The van der Waals surface area contributed by atoms with E-state index < -0.39 is 0 Å². The van der Waals surface area contributed by atoms with Crippen molar-refractivity contribution in [2.24, 2.45) is 23.2 Å². The van der Waals surface area contributed by atoms with Gasteiger partial charge in [-0.25, -0.2) is 5.48 Å². The number of hydrogen-bond acceptors (Lipinski definition) is 2. The Balaban J connectivity index is 1.83. The molecular weight excluding hydrogens is 190 g/mol. The van der Waals surface area contributed by atoms with E-state index >= 15 is 0 Å². The smallest absolute Gasteiger partial charge is 0.249 e. The van der Waals surface area contributed by atoms with Gasteiger partial charge in [-0.2, -0.15) is 0 Å². The zero-order valence-electron chi connectivity index (χ0n) is 9.29. The third-order valence-corrected chi connectivity index (χ3v) is 4.71. The van der Waals surface area contributed by atoms with Gasteiger partial charge in [0.25, 0.3) is 0 Å². The minimum atomic E-state index is -0.0647. The normalized spacial score (nSPS) is 46.9. The summed E-state index contributed by atoms with van der Waals surface area (Å²) < 4.78 is 0. The fourth-order valence-electron chi connectivity index (χ4n) is 4.59. The molecule has 4 bridgehead atoms. The van der Waals surface area contributed by atoms with Gasteiger partial charge in [-0.1, -0.05) is 0 Å². The van der Waals surface area contributed by atoms with Crippen molar-refractivity contribution in [1.29, 1.82) is 0 Å². The summed E-state index contributed by atoms with van der Waals surface area (Å²) in [5.74, 6) is 2.60. The second kappa shape index (κ2) is 3.21.